The van der Waals surface area contributed by atoms with Gasteiger partial charge in [-0.25, -0.2) is 4.98 Å². The van der Waals surface area contributed by atoms with Gasteiger partial charge in [0.05, 0.1) is 11.0 Å². The van der Waals surface area contributed by atoms with Crippen LogP contribution in [0.5, 0.6) is 0 Å². The van der Waals surface area contributed by atoms with Gasteiger partial charge in [-0.15, -0.1) is 0 Å². The summed E-state index contributed by atoms with van der Waals surface area (Å²) in [5.74, 6) is 1.66. The minimum absolute atomic E-state index is 0.125. The van der Waals surface area contributed by atoms with Gasteiger partial charge in [0.1, 0.15) is 12.2 Å². The highest BCUT2D eigenvalue weighted by Crippen LogP contribution is 2.38. The lowest BCUT2D eigenvalue weighted by molar-refractivity contribution is 0.366. The summed E-state index contributed by atoms with van der Waals surface area (Å²) in [6.07, 6.45) is 2.24. The molecule has 0 N–H and O–H groups in total. The van der Waals surface area contributed by atoms with Crippen LogP contribution in [0.15, 0.2) is 33.6 Å². The van der Waals surface area contributed by atoms with Crippen LogP contribution in [0.2, 0.25) is 0 Å². The summed E-state index contributed by atoms with van der Waals surface area (Å²) in [5.41, 5.74) is 1.91. The number of para-hydroxylation sites is 2. The van der Waals surface area contributed by atoms with Gasteiger partial charge in [0.25, 0.3) is 5.56 Å². The van der Waals surface area contributed by atoms with Crippen molar-refractivity contribution in [1.82, 2.24) is 19.7 Å². The standard InChI is InChI=1S/C15H14N4O2/c1-9-15(20)19(12-5-3-2-4-11(12)16-9)8-13-17-14(18-21-13)10-6-7-10/h2-5,10H,6-8H2,1H3. The average Bonchev–Trinajstić information content (AvgIpc) is 3.24. The zero-order chi connectivity index (χ0) is 14.4. The van der Waals surface area contributed by atoms with E-state index < -0.39 is 0 Å². The van der Waals surface area contributed by atoms with E-state index in [1.54, 1.807) is 11.5 Å². The Morgan fingerprint density at radius 2 is 2.10 bits per heavy atom. The van der Waals surface area contributed by atoms with Gasteiger partial charge in [0.15, 0.2) is 5.82 Å². The lowest BCUT2D eigenvalue weighted by Gasteiger charge is -2.08. The summed E-state index contributed by atoms with van der Waals surface area (Å²) in [5, 5.41) is 3.99. The fraction of sp³-hybridized carbons (Fsp3) is 0.333. The lowest BCUT2D eigenvalue weighted by atomic mass is 10.2. The molecular weight excluding hydrogens is 268 g/mol. The molecule has 1 aliphatic carbocycles. The van der Waals surface area contributed by atoms with Crippen LogP contribution in [0.25, 0.3) is 11.0 Å². The monoisotopic (exact) mass is 282 g/mol. The Labute approximate surface area is 120 Å². The maximum atomic E-state index is 12.4. The van der Waals surface area contributed by atoms with Gasteiger partial charge >= 0.3 is 0 Å². The highest BCUT2D eigenvalue weighted by atomic mass is 16.5. The van der Waals surface area contributed by atoms with E-state index in [4.69, 9.17) is 4.52 Å². The van der Waals surface area contributed by atoms with Crippen LogP contribution in [-0.2, 0) is 6.54 Å². The number of nitrogens with zero attached hydrogens (tertiary/aromatic N) is 4. The van der Waals surface area contributed by atoms with E-state index in [1.807, 2.05) is 24.3 Å². The van der Waals surface area contributed by atoms with Crippen molar-refractivity contribution < 1.29 is 4.52 Å². The molecule has 0 aliphatic heterocycles. The Kier molecular flexibility index (Phi) is 2.63. The Hall–Kier alpha value is -2.50. The van der Waals surface area contributed by atoms with Crippen LogP contribution in [0.3, 0.4) is 0 Å². The van der Waals surface area contributed by atoms with Crippen molar-refractivity contribution in [3.05, 3.63) is 52.0 Å². The predicted molar refractivity (Wildman–Crippen MR) is 76.1 cm³/mol. The first-order valence-electron chi connectivity index (χ1n) is 7.01. The Morgan fingerprint density at radius 3 is 2.90 bits per heavy atom. The van der Waals surface area contributed by atoms with Crippen LogP contribution in [-0.4, -0.2) is 19.7 Å². The highest BCUT2D eigenvalue weighted by molar-refractivity contribution is 5.74. The summed E-state index contributed by atoms with van der Waals surface area (Å²) in [6, 6.07) is 7.56. The van der Waals surface area contributed by atoms with E-state index in [9.17, 15) is 4.79 Å². The summed E-state index contributed by atoms with van der Waals surface area (Å²) < 4.78 is 6.91. The molecular formula is C15H14N4O2. The van der Waals surface area contributed by atoms with E-state index in [1.165, 1.54) is 0 Å². The number of rotatable bonds is 3. The molecule has 0 unspecified atom stereocenters. The smallest absolute Gasteiger partial charge is 0.272 e. The van der Waals surface area contributed by atoms with Crippen LogP contribution >= 0.6 is 0 Å². The molecule has 0 saturated heterocycles. The second-order valence-electron chi connectivity index (χ2n) is 5.40. The topological polar surface area (TPSA) is 73.8 Å². The maximum Gasteiger partial charge on any atom is 0.272 e. The van der Waals surface area contributed by atoms with E-state index >= 15 is 0 Å². The normalized spacial score (nSPS) is 14.7. The van der Waals surface area contributed by atoms with Gasteiger partial charge in [-0.05, 0) is 31.9 Å². The van der Waals surface area contributed by atoms with E-state index in [0.29, 0.717) is 17.5 Å². The summed E-state index contributed by atoms with van der Waals surface area (Å²) in [4.78, 5) is 21.1. The van der Waals surface area contributed by atoms with Crippen LogP contribution < -0.4 is 5.56 Å². The second-order valence-corrected chi connectivity index (χ2v) is 5.40. The molecule has 21 heavy (non-hydrogen) atoms. The lowest BCUT2D eigenvalue weighted by Crippen LogP contribution is -2.24. The molecule has 1 aromatic carbocycles. The van der Waals surface area contributed by atoms with E-state index in [2.05, 4.69) is 15.1 Å². The molecule has 1 fully saturated rings. The molecule has 2 heterocycles. The van der Waals surface area contributed by atoms with Crippen molar-refractivity contribution >= 4 is 11.0 Å². The zero-order valence-corrected chi connectivity index (χ0v) is 11.6. The van der Waals surface area contributed by atoms with Gasteiger partial charge in [0, 0.05) is 5.92 Å². The number of hydrogen-bond donors (Lipinski definition) is 0. The molecule has 2 aromatic heterocycles. The van der Waals surface area contributed by atoms with Gasteiger partial charge in [-0.1, -0.05) is 17.3 Å². The van der Waals surface area contributed by atoms with Crippen LogP contribution in [0, 0.1) is 6.92 Å². The maximum absolute atomic E-state index is 12.4. The van der Waals surface area contributed by atoms with Crippen molar-refractivity contribution in [2.75, 3.05) is 0 Å². The van der Waals surface area contributed by atoms with Gasteiger partial charge in [-0.2, -0.15) is 4.98 Å². The minimum atomic E-state index is -0.125. The Morgan fingerprint density at radius 1 is 1.29 bits per heavy atom. The summed E-state index contributed by atoms with van der Waals surface area (Å²) in [6.45, 7) is 2.00. The van der Waals surface area contributed by atoms with Crippen molar-refractivity contribution in [2.24, 2.45) is 0 Å². The van der Waals surface area contributed by atoms with Crippen molar-refractivity contribution in [2.45, 2.75) is 32.2 Å². The third-order valence-electron chi connectivity index (χ3n) is 3.74. The average molecular weight is 282 g/mol. The van der Waals surface area contributed by atoms with Gasteiger partial charge in [-0.3, -0.25) is 9.36 Å². The molecule has 1 saturated carbocycles. The molecule has 6 nitrogen and oxygen atoms in total. The van der Waals surface area contributed by atoms with Gasteiger partial charge < -0.3 is 4.52 Å². The largest absolute Gasteiger partial charge is 0.337 e. The van der Waals surface area contributed by atoms with Crippen LogP contribution in [0.1, 0.15) is 36.2 Å². The molecule has 3 aromatic rings. The van der Waals surface area contributed by atoms with Crippen LogP contribution in [0.4, 0.5) is 0 Å². The highest BCUT2D eigenvalue weighted by Gasteiger charge is 2.28. The molecule has 4 rings (SSSR count). The van der Waals surface area contributed by atoms with Crippen molar-refractivity contribution in [3.63, 3.8) is 0 Å². The van der Waals surface area contributed by atoms with Crippen molar-refractivity contribution in [3.8, 4) is 0 Å². The molecule has 0 amide bonds. The van der Waals surface area contributed by atoms with Gasteiger partial charge in [0.2, 0.25) is 5.89 Å². The second kappa shape index (κ2) is 4.51. The first-order valence-corrected chi connectivity index (χ1v) is 7.01. The number of fused-ring (bicyclic) bond motifs is 1. The van der Waals surface area contributed by atoms with E-state index in [0.717, 1.165) is 29.7 Å². The Bertz CT molecular complexity index is 877. The predicted octanol–water partition coefficient (Wildman–Crippen LogP) is 2.01. The molecule has 0 radical (unpaired) electrons. The first kappa shape index (κ1) is 12.3. The molecule has 6 heteroatoms. The third kappa shape index (κ3) is 2.12. The Balaban J connectivity index is 1.80. The quantitative estimate of drug-likeness (QED) is 0.734. The number of aromatic nitrogens is 4. The summed E-state index contributed by atoms with van der Waals surface area (Å²) >= 11 is 0. The van der Waals surface area contributed by atoms with E-state index in [-0.39, 0.29) is 12.1 Å². The van der Waals surface area contributed by atoms with Crippen molar-refractivity contribution in [1.29, 1.82) is 0 Å². The number of hydrogen-bond acceptors (Lipinski definition) is 5. The molecule has 0 atom stereocenters. The molecule has 0 spiro atoms. The third-order valence-corrected chi connectivity index (χ3v) is 3.74. The number of benzene rings is 1. The zero-order valence-electron chi connectivity index (χ0n) is 11.6. The molecule has 106 valence electrons. The fourth-order valence-electron chi connectivity index (χ4n) is 2.45. The SMILES string of the molecule is Cc1nc2ccccc2n(Cc2nc(C3CC3)no2)c1=O. The number of aryl methyl sites for hydroxylation is 1. The first-order chi connectivity index (χ1) is 10.2. The molecule has 0 bridgehead atoms. The minimum Gasteiger partial charge on any atom is -0.337 e. The fourth-order valence-corrected chi connectivity index (χ4v) is 2.45. The molecule has 1 aliphatic rings. The summed E-state index contributed by atoms with van der Waals surface area (Å²) in [7, 11) is 0.